The number of β-lactam (4-membered cyclic amide) rings is 1. The normalized spacial score (nSPS) is 21.0. The van der Waals surface area contributed by atoms with E-state index in [9.17, 15) is 29.1 Å². The molecule has 0 bridgehead atoms. The van der Waals surface area contributed by atoms with E-state index >= 15 is 0 Å². The fraction of sp³-hybridized carbons (Fsp3) is 0.318. The van der Waals surface area contributed by atoms with Crippen LogP contribution in [0.5, 0.6) is 0 Å². The summed E-state index contributed by atoms with van der Waals surface area (Å²) in [4.78, 5) is 72.8. The zero-order valence-electron chi connectivity index (χ0n) is 20.0. The lowest BCUT2D eigenvalue weighted by molar-refractivity contribution is -0.150. The number of oxime groups is 1. The summed E-state index contributed by atoms with van der Waals surface area (Å²) in [7, 11) is 0. The number of aliphatic carboxylic acids is 2. The van der Waals surface area contributed by atoms with Crippen molar-refractivity contribution in [1.29, 1.82) is 0 Å². The molecule has 1 aromatic heterocycles. The van der Waals surface area contributed by atoms with Crippen LogP contribution in [0.25, 0.3) is 0 Å². The third-order valence-corrected chi connectivity index (χ3v) is 8.57. The summed E-state index contributed by atoms with van der Waals surface area (Å²) in [6, 6.07) is -1.08. The predicted molar refractivity (Wildman–Crippen MR) is 143 cm³/mol. The third kappa shape index (κ3) is 6.43. The Morgan fingerprint density at radius 2 is 2.10 bits per heavy atom. The van der Waals surface area contributed by atoms with Crippen molar-refractivity contribution in [1.82, 2.24) is 20.1 Å². The van der Waals surface area contributed by atoms with Gasteiger partial charge in [-0.3, -0.25) is 19.3 Å². The van der Waals surface area contributed by atoms with Crippen LogP contribution < -0.4 is 11.1 Å². The number of fused-ring (bicyclic) bond motifs is 1. The molecule has 0 saturated carbocycles. The van der Waals surface area contributed by atoms with Crippen LogP contribution in [0.4, 0.5) is 5.13 Å². The van der Waals surface area contributed by atoms with E-state index in [1.54, 1.807) is 4.90 Å². The molecule has 0 aliphatic carbocycles. The SMILES string of the molecule is Nc1nc(/C(=N/OCC(=O)O)C(=O)N[C@@H]2C(=O)N3C(C(=O)O)=C(S/C=C\C(=O)N4CC=CCC4)CS[C@H]23)cs1. The van der Waals surface area contributed by atoms with Crippen molar-refractivity contribution >= 4 is 75.4 Å². The Hall–Kier alpha value is -3.83. The van der Waals surface area contributed by atoms with Crippen molar-refractivity contribution in [3.63, 3.8) is 0 Å². The molecule has 5 N–H and O–H groups in total. The zero-order chi connectivity index (χ0) is 28.1. The molecule has 3 amide bonds. The van der Waals surface area contributed by atoms with Gasteiger partial charge in [-0.15, -0.1) is 23.1 Å². The molecule has 4 heterocycles. The van der Waals surface area contributed by atoms with Gasteiger partial charge in [0.2, 0.25) is 12.5 Å². The van der Waals surface area contributed by atoms with Gasteiger partial charge in [-0.25, -0.2) is 14.6 Å². The molecule has 206 valence electrons. The van der Waals surface area contributed by atoms with Crippen LogP contribution in [0.2, 0.25) is 0 Å². The van der Waals surface area contributed by atoms with Gasteiger partial charge in [0.1, 0.15) is 22.8 Å². The van der Waals surface area contributed by atoms with E-state index in [2.05, 4.69) is 15.5 Å². The Labute approximate surface area is 233 Å². The number of rotatable bonds is 10. The highest BCUT2D eigenvalue weighted by Crippen LogP contribution is 2.43. The summed E-state index contributed by atoms with van der Waals surface area (Å²) >= 11 is 3.31. The molecule has 1 aromatic rings. The average Bonchev–Trinajstić information content (AvgIpc) is 3.34. The smallest absolute Gasteiger partial charge is 0.353 e. The van der Waals surface area contributed by atoms with E-state index in [1.165, 1.54) is 28.6 Å². The maximum absolute atomic E-state index is 13.0. The Morgan fingerprint density at radius 3 is 2.74 bits per heavy atom. The summed E-state index contributed by atoms with van der Waals surface area (Å²) in [6.07, 6.45) is 6.04. The number of anilines is 1. The second kappa shape index (κ2) is 12.4. The first kappa shape index (κ1) is 28.2. The third-order valence-electron chi connectivity index (χ3n) is 5.54. The minimum absolute atomic E-state index is 0.0204. The largest absolute Gasteiger partial charge is 0.479 e. The fourth-order valence-electron chi connectivity index (χ4n) is 3.77. The maximum atomic E-state index is 13.0. The van der Waals surface area contributed by atoms with Crippen molar-refractivity contribution in [2.75, 3.05) is 31.2 Å². The molecule has 0 aromatic carbocycles. The topological polar surface area (TPSA) is 205 Å². The molecule has 1 saturated heterocycles. The highest BCUT2D eigenvalue weighted by molar-refractivity contribution is 8.08. The van der Waals surface area contributed by atoms with Crippen LogP contribution in [0, 0.1) is 0 Å². The van der Waals surface area contributed by atoms with E-state index < -0.39 is 41.8 Å². The number of carbonyl (C=O) groups is 5. The quantitative estimate of drug-likeness (QED) is 0.0947. The summed E-state index contributed by atoms with van der Waals surface area (Å²) in [6.45, 7) is 0.305. The van der Waals surface area contributed by atoms with Gasteiger partial charge in [-0.05, 0) is 11.8 Å². The van der Waals surface area contributed by atoms with E-state index in [0.29, 0.717) is 18.0 Å². The van der Waals surface area contributed by atoms with Gasteiger partial charge in [-0.1, -0.05) is 29.1 Å². The molecule has 2 atom stereocenters. The number of aromatic nitrogens is 1. The van der Waals surface area contributed by atoms with Gasteiger partial charge >= 0.3 is 11.9 Å². The lowest BCUT2D eigenvalue weighted by atomic mass is 10.0. The summed E-state index contributed by atoms with van der Waals surface area (Å²) in [5.41, 5.74) is 5.03. The van der Waals surface area contributed by atoms with Crippen LogP contribution in [0.15, 0.2) is 44.8 Å². The highest BCUT2D eigenvalue weighted by Gasteiger charge is 2.54. The van der Waals surface area contributed by atoms with E-state index in [4.69, 9.17) is 15.7 Å². The minimum Gasteiger partial charge on any atom is -0.479 e. The highest BCUT2D eigenvalue weighted by atomic mass is 32.2. The van der Waals surface area contributed by atoms with Crippen LogP contribution in [-0.4, -0.2) is 97.2 Å². The van der Waals surface area contributed by atoms with Crippen LogP contribution >= 0.6 is 34.9 Å². The minimum atomic E-state index is -1.32. The van der Waals surface area contributed by atoms with Crippen molar-refractivity contribution in [3.05, 3.63) is 45.3 Å². The molecular formula is C22H22N6O8S3. The van der Waals surface area contributed by atoms with Gasteiger partial charge in [0.05, 0.1) is 0 Å². The maximum Gasteiger partial charge on any atom is 0.353 e. The van der Waals surface area contributed by atoms with E-state index in [-0.39, 0.29) is 33.9 Å². The van der Waals surface area contributed by atoms with Gasteiger partial charge in [0.15, 0.2) is 10.8 Å². The second-order valence-corrected chi connectivity index (χ2v) is 11.1. The van der Waals surface area contributed by atoms with Gasteiger partial charge in [0, 0.05) is 35.2 Å². The van der Waals surface area contributed by atoms with E-state index in [0.717, 1.165) is 34.4 Å². The molecule has 0 radical (unpaired) electrons. The summed E-state index contributed by atoms with van der Waals surface area (Å²) in [5, 5.41) is 27.0. The Morgan fingerprint density at radius 1 is 1.31 bits per heavy atom. The number of nitrogens with zero attached hydrogens (tertiary/aromatic N) is 4. The molecular weight excluding hydrogens is 572 g/mol. The first-order valence-electron chi connectivity index (χ1n) is 11.3. The van der Waals surface area contributed by atoms with Gasteiger partial charge < -0.3 is 31.0 Å². The lowest BCUT2D eigenvalue weighted by Crippen LogP contribution is -2.71. The molecule has 39 heavy (non-hydrogen) atoms. The van der Waals surface area contributed by atoms with Crippen LogP contribution in [0.1, 0.15) is 12.1 Å². The van der Waals surface area contributed by atoms with Crippen molar-refractivity contribution in [3.8, 4) is 0 Å². The molecule has 14 nitrogen and oxygen atoms in total. The van der Waals surface area contributed by atoms with Gasteiger partial charge in [0.25, 0.3) is 11.8 Å². The second-order valence-electron chi connectivity index (χ2n) is 8.08. The van der Waals surface area contributed by atoms with Gasteiger partial charge in [-0.2, -0.15) is 0 Å². The summed E-state index contributed by atoms with van der Waals surface area (Å²) in [5.74, 6) is -4.13. The molecule has 0 spiro atoms. The standard InChI is InChI=1S/C22H22N6O8S3/c23-22-24-11(9-39-22)15(26-36-8-14(30)31)18(32)25-16-19(33)28-17(21(34)35)12(10-38-20(16)28)37-7-4-13(29)27-5-2-1-3-6-27/h1-2,4,7,9,16,20H,3,5-6,8,10H2,(H2,23,24)(H,25,32)(H,30,31)(H,34,35)/b7-4-,26-15-/t16-,20-/m1/s1. The number of nitrogens with two attached hydrogens (primary N) is 1. The van der Waals surface area contributed by atoms with Crippen LogP contribution in [-0.2, 0) is 28.8 Å². The number of amides is 3. The van der Waals surface area contributed by atoms with Crippen molar-refractivity contribution in [2.24, 2.45) is 5.16 Å². The monoisotopic (exact) mass is 594 g/mol. The lowest BCUT2D eigenvalue weighted by Gasteiger charge is -2.49. The van der Waals surface area contributed by atoms with Crippen LogP contribution in [0.3, 0.4) is 0 Å². The van der Waals surface area contributed by atoms with E-state index in [1.807, 2.05) is 12.2 Å². The molecule has 3 aliphatic heterocycles. The molecule has 0 unspecified atom stereocenters. The number of hydrogen-bond donors (Lipinski definition) is 4. The predicted octanol–water partition coefficient (Wildman–Crippen LogP) is 0.262. The number of carbonyl (C=O) groups excluding carboxylic acids is 3. The number of carboxylic acid groups (broad SMARTS) is 2. The number of hydrogen-bond acceptors (Lipinski definition) is 12. The molecule has 17 heteroatoms. The average molecular weight is 595 g/mol. The Balaban J connectivity index is 1.45. The summed E-state index contributed by atoms with van der Waals surface area (Å²) < 4.78 is 0. The number of thioether (sulfide) groups is 2. The Kier molecular flexibility index (Phi) is 8.93. The number of thiazole rings is 1. The first-order chi connectivity index (χ1) is 18.7. The number of nitrogens with one attached hydrogen (secondary N) is 1. The molecule has 1 fully saturated rings. The molecule has 3 aliphatic rings. The van der Waals surface area contributed by atoms with Crippen molar-refractivity contribution in [2.45, 2.75) is 17.8 Å². The number of nitrogen functional groups attached to an aromatic ring is 1. The Bertz CT molecular complexity index is 1320. The fourth-order valence-corrected chi connectivity index (χ4v) is 6.63. The first-order valence-corrected chi connectivity index (χ1v) is 14.1. The molecule has 4 rings (SSSR count). The zero-order valence-corrected chi connectivity index (χ0v) is 22.5. The number of carboxylic acids is 2. The van der Waals surface area contributed by atoms with Crippen molar-refractivity contribution < 1.29 is 39.0 Å².